The van der Waals surface area contributed by atoms with Gasteiger partial charge >= 0.3 is 0 Å². The van der Waals surface area contributed by atoms with Crippen LogP contribution in [0.15, 0.2) is 61.2 Å². The summed E-state index contributed by atoms with van der Waals surface area (Å²) in [6.07, 6.45) is 3.86. The maximum absolute atomic E-state index is 13.7. The van der Waals surface area contributed by atoms with E-state index in [1.54, 1.807) is 41.5 Å². The average Bonchev–Trinajstić information content (AvgIpc) is 3.14. The van der Waals surface area contributed by atoms with Gasteiger partial charge in [-0.2, -0.15) is 0 Å². The molecule has 2 aromatic carbocycles. The highest BCUT2D eigenvalue weighted by molar-refractivity contribution is 5.98. The zero-order chi connectivity index (χ0) is 17.8. The van der Waals surface area contributed by atoms with Crippen molar-refractivity contribution in [1.82, 2.24) is 14.9 Å². The molecule has 1 heterocycles. The number of carbonyl (C=O) groups is 1. The molecular weight excluding hydrogens is 321 g/mol. The summed E-state index contributed by atoms with van der Waals surface area (Å²) in [5.74, 6) is -0.846. The Labute approximate surface area is 144 Å². The number of hydrogen-bond donors (Lipinski definition) is 2. The molecule has 6 heteroatoms. The number of aryl methyl sites for hydroxylation is 1. The second-order valence-corrected chi connectivity index (χ2v) is 5.74. The maximum atomic E-state index is 13.7. The average molecular weight is 339 g/mol. The van der Waals surface area contributed by atoms with Gasteiger partial charge in [0.1, 0.15) is 5.82 Å². The molecule has 0 radical (unpaired) electrons. The number of carbonyl (C=O) groups excluding carboxylic acids is 1. The molecule has 1 atom stereocenters. The highest BCUT2D eigenvalue weighted by atomic mass is 19.1. The second-order valence-electron chi connectivity index (χ2n) is 5.74. The van der Waals surface area contributed by atoms with Gasteiger partial charge in [0.2, 0.25) is 0 Å². The number of halogens is 1. The molecule has 3 rings (SSSR count). The van der Waals surface area contributed by atoms with Crippen LogP contribution in [0.1, 0.15) is 27.6 Å². The number of amides is 1. The molecule has 2 N–H and O–H groups in total. The van der Waals surface area contributed by atoms with Crippen molar-refractivity contribution in [2.75, 3.05) is 6.54 Å². The molecule has 0 saturated carbocycles. The van der Waals surface area contributed by atoms with Crippen LogP contribution in [-0.2, 0) is 0 Å². The lowest BCUT2D eigenvalue weighted by molar-refractivity contribution is 0.0914. The zero-order valence-electron chi connectivity index (χ0n) is 13.7. The lowest BCUT2D eigenvalue weighted by Gasteiger charge is -2.15. The van der Waals surface area contributed by atoms with E-state index < -0.39 is 11.9 Å². The summed E-state index contributed by atoms with van der Waals surface area (Å²) in [7, 11) is 0. The second kappa shape index (κ2) is 7.27. The van der Waals surface area contributed by atoms with Crippen LogP contribution >= 0.6 is 0 Å². The van der Waals surface area contributed by atoms with Crippen LogP contribution in [0.25, 0.3) is 5.69 Å². The Balaban J connectivity index is 1.78. The van der Waals surface area contributed by atoms with E-state index in [-0.39, 0.29) is 18.0 Å². The lowest BCUT2D eigenvalue weighted by Crippen LogP contribution is -2.29. The number of imidazole rings is 1. The van der Waals surface area contributed by atoms with E-state index in [4.69, 9.17) is 0 Å². The SMILES string of the molecule is Cc1ccc(-n2ccnc2)c(C(=O)NCC(O)c2ccccc2F)c1. The van der Waals surface area contributed by atoms with Crippen LogP contribution in [0.2, 0.25) is 0 Å². The topological polar surface area (TPSA) is 67.2 Å². The van der Waals surface area contributed by atoms with Crippen molar-refractivity contribution in [1.29, 1.82) is 0 Å². The van der Waals surface area contributed by atoms with Crippen molar-refractivity contribution in [3.8, 4) is 5.69 Å². The molecule has 0 spiro atoms. The van der Waals surface area contributed by atoms with Crippen molar-refractivity contribution >= 4 is 5.91 Å². The van der Waals surface area contributed by atoms with Crippen molar-refractivity contribution in [2.45, 2.75) is 13.0 Å². The molecule has 3 aromatic rings. The Bertz CT molecular complexity index is 878. The van der Waals surface area contributed by atoms with Crippen LogP contribution in [0.3, 0.4) is 0 Å². The minimum absolute atomic E-state index is 0.0862. The number of aliphatic hydroxyl groups excluding tert-OH is 1. The Morgan fingerprint density at radius 2 is 2.12 bits per heavy atom. The number of nitrogens with zero attached hydrogens (tertiary/aromatic N) is 2. The van der Waals surface area contributed by atoms with Gasteiger partial charge in [-0.15, -0.1) is 0 Å². The van der Waals surface area contributed by atoms with Gasteiger partial charge in [0.05, 0.1) is 23.7 Å². The first-order chi connectivity index (χ1) is 12.1. The fourth-order valence-corrected chi connectivity index (χ4v) is 2.60. The van der Waals surface area contributed by atoms with Crippen LogP contribution in [0, 0.1) is 12.7 Å². The van der Waals surface area contributed by atoms with E-state index in [1.165, 1.54) is 12.1 Å². The molecule has 128 valence electrons. The minimum Gasteiger partial charge on any atom is -0.386 e. The molecule has 0 saturated heterocycles. The highest BCUT2D eigenvalue weighted by Crippen LogP contribution is 2.18. The molecule has 0 aliphatic heterocycles. The van der Waals surface area contributed by atoms with E-state index in [9.17, 15) is 14.3 Å². The molecule has 0 fully saturated rings. The van der Waals surface area contributed by atoms with Gasteiger partial charge in [0, 0.05) is 24.5 Å². The summed E-state index contributed by atoms with van der Waals surface area (Å²) in [4.78, 5) is 16.6. The Hall–Kier alpha value is -2.99. The van der Waals surface area contributed by atoms with Gasteiger partial charge < -0.3 is 15.0 Å². The van der Waals surface area contributed by atoms with Crippen molar-refractivity contribution in [3.63, 3.8) is 0 Å². The van der Waals surface area contributed by atoms with E-state index >= 15 is 0 Å². The summed E-state index contributed by atoms with van der Waals surface area (Å²) in [5.41, 5.74) is 2.23. The predicted molar refractivity (Wildman–Crippen MR) is 92.0 cm³/mol. The molecule has 5 nitrogen and oxygen atoms in total. The van der Waals surface area contributed by atoms with Crippen LogP contribution < -0.4 is 5.32 Å². The monoisotopic (exact) mass is 339 g/mol. The van der Waals surface area contributed by atoms with Crippen molar-refractivity contribution < 1.29 is 14.3 Å². The Morgan fingerprint density at radius 3 is 2.84 bits per heavy atom. The van der Waals surface area contributed by atoms with E-state index in [0.29, 0.717) is 11.3 Å². The van der Waals surface area contributed by atoms with Gasteiger partial charge in [-0.3, -0.25) is 4.79 Å². The molecule has 0 bridgehead atoms. The van der Waals surface area contributed by atoms with Gasteiger partial charge in [0.25, 0.3) is 5.91 Å². The molecule has 25 heavy (non-hydrogen) atoms. The third kappa shape index (κ3) is 3.75. The fraction of sp³-hybridized carbons (Fsp3) is 0.158. The lowest BCUT2D eigenvalue weighted by atomic mass is 10.1. The quantitative estimate of drug-likeness (QED) is 0.751. The molecule has 1 unspecified atom stereocenters. The first kappa shape index (κ1) is 16.9. The summed E-state index contributed by atoms with van der Waals surface area (Å²) in [5, 5.41) is 12.8. The van der Waals surface area contributed by atoms with Crippen LogP contribution in [-0.4, -0.2) is 27.1 Å². The maximum Gasteiger partial charge on any atom is 0.253 e. The molecular formula is C19H18FN3O2. The summed E-state index contributed by atoms with van der Waals surface area (Å²) in [6, 6.07) is 11.5. The van der Waals surface area contributed by atoms with Crippen LogP contribution in [0.5, 0.6) is 0 Å². The molecule has 0 aliphatic carbocycles. The standard InChI is InChI=1S/C19H18FN3O2/c1-13-6-7-17(23-9-8-21-12-23)15(10-13)19(25)22-11-18(24)14-4-2-3-5-16(14)20/h2-10,12,18,24H,11H2,1H3,(H,22,25). The third-order valence-corrected chi connectivity index (χ3v) is 3.90. The summed E-state index contributed by atoms with van der Waals surface area (Å²) < 4.78 is 15.4. The number of hydrogen-bond acceptors (Lipinski definition) is 3. The first-order valence-electron chi connectivity index (χ1n) is 7.86. The number of rotatable bonds is 5. The predicted octanol–water partition coefficient (Wildman–Crippen LogP) is 2.78. The number of benzene rings is 2. The Morgan fingerprint density at radius 1 is 1.32 bits per heavy atom. The highest BCUT2D eigenvalue weighted by Gasteiger charge is 2.17. The largest absolute Gasteiger partial charge is 0.386 e. The van der Waals surface area contributed by atoms with E-state index in [1.807, 2.05) is 19.1 Å². The Kier molecular flexibility index (Phi) is 4.90. The van der Waals surface area contributed by atoms with Gasteiger partial charge in [0.15, 0.2) is 0 Å². The van der Waals surface area contributed by atoms with E-state index in [0.717, 1.165) is 5.56 Å². The molecule has 1 amide bonds. The number of nitrogens with one attached hydrogen (secondary N) is 1. The summed E-state index contributed by atoms with van der Waals surface area (Å²) in [6.45, 7) is 1.81. The van der Waals surface area contributed by atoms with E-state index in [2.05, 4.69) is 10.3 Å². The van der Waals surface area contributed by atoms with Crippen molar-refractivity contribution in [2.24, 2.45) is 0 Å². The first-order valence-corrected chi connectivity index (χ1v) is 7.86. The normalized spacial score (nSPS) is 12.0. The summed E-state index contributed by atoms with van der Waals surface area (Å²) >= 11 is 0. The van der Waals surface area contributed by atoms with Gasteiger partial charge in [-0.25, -0.2) is 9.37 Å². The smallest absolute Gasteiger partial charge is 0.253 e. The van der Waals surface area contributed by atoms with Gasteiger partial charge in [-0.1, -0.05) is 29.8 Å². The molecule has 0 aliphatic rings. The number of aromatic nitrogens is 2. The van der Waals surface area contributed by atoms with Crippen molar-refractivity contribution in [3.05, 3.63) is 83.7 Å². The third-order valence-electron chi connectivity index (χ3n) is 3.90. The van der Waals surface area contributed by atoms with Crippen LogP contribution in [0.4, 0.5) is 4.39 Å². The zero-order valence-corrected chi connectivity index (χ0v) is 13.7. The van der Waals surface area contributed by atoms with Gasteiger partial charge in [-0.05, 0) is 25.1 Å². The fourth-order valence-electron chi connectivity index (χ4n) is 2.60. The molecule has 1 aromatic heterocycles. The minimum atomic E-state index is -1.12. The number of aliphatic hydroxyl groups is 1.